The van der Waals surface area contributed by atoms with Gasteiger partial charge in [-0.3, -0.25) is 25.8 Å². The second-order valence-electron chi connectivity index (χ2n) is 7.12. The third-order valence-electron chi connectivity index (χ3n) is 4.72. The number of hydrazine groups is 1. The van der Waals surface area contributed by atoms with E-state index in [1.807, 2.05) is 42.5 Å². The van der Waals surface area contributed by atoms with E-state index in [-0.39, 0.29) is 11.7 Å². The van der Waals surface area contributed by atoms with Gasteiger partial charge in [-0.25, -0.2) is 0 Å². The zero-order valence-corrected chi connectivity index (χ0v) is 20.1. The van der Waals surface area contributed by atoms with Gasteiger partial charge in [0, 0.05) is 6.08 Å². The molecule has 3 aromatic rings. The van der Waals surface area contributed by atoms with Crippen molar-refractivity contribution in [3.05, 3.63) is 84.4 Å². The number of hydrogen-bond acceptors (Lipinski definition) is 6. The van der Waals surface area contributed by atoms with Gasteiger partial charge in [0.1, 0.15) is 5.75 Å². The molecule has 8 nitrogen and oxygen atoms in total. The Morgan fingerprint density at radius 1 is 0.857 bits per heavy atom. The van der Waals surface area contributed by atoms with E-state index in [9.17, 15) is 9.59 Å². The van der Waals surface area contributed by atoms with Gasteiger partial charge in [-0.2, -0.15) is 0 Å². The quantitative estimate of drug-likeness (QED) is 0.252. The molecule has 0 saturated heterocycles. The minimum atomic E-state index is -0.471. The normalized spacial score (nSPS) is 10.3. The molecule has 0 bridgehead atoms. The van der Waals surface area contributed by atoms with Crippen LogP contribution in [0.25, 0.3) is 17.2 Å². The molecule has 0 atom stereocenters. The lowest BCUT2D eigenvalue weighted by Crippen LogP contribution is -2.49. The predicted molar refractivity (Wildman–Crippen MR) is 138 cm³/mol. The fourth-order valence-corrected chi connectivity index (χ4v) is 3.15. The van der Waals surface area contributed by atoms with E-state index in [4.69, 9.17) is 26.4 Å². The molecule has 0 radical (unpaired) electrons. The minimum absolute atomic E-state index is 0.0625. The van der Waals surface area contributed by atoms with Crippen molar-refractivity contribution in [2.75, 3.05) is 20.8 Å². The number of hydrogen-bond donors (Lipinski definition) is 3. The summed E-state index contributed by atoms with van der Waals surface area (Å²) in [6.45, 7) is -0.229. The Kier molecular flexibility index (Phi) is 9.21. The van der Waals surface area contributed by atoms with Gasteiger partial charge in [-0.05, 0) is 59.2 Å². The zero-order valence-electron chi connectivity index (χ0n) is 19.2. The maximum absolute atomic E-state index is 12.1. The monoisotopic (exact) mass is 491 g/mol. The second-order valence-corrected chi connectivity index (χ2v) is 7.53. The van der Waals surface area contributed by atoms with Gasteiger partial charge in [0.15, 0.2) is 23.2 Å². The van der Waals surface area contributed by atoms with Crippen LogP contribution >= 0.6 is 12.2 Å². The molecule has 0 heterocycles. The Balaban J connectivity index is 1.39. The molecule has 0 aliphatic rings. The molecule has 3 aromatic carbocycles. The van der Waals surface area contributed by atoms with Gasteiger partial charge < -0.3 is 14.2 Å². The number of amides is 2. The smallest absolute Gasteiger partial charge is 0.276 e. The molecule has 0 spiro atoms. The Labute approximate surface area is 208 Å². The van der Waals surface area contributed by atoms with Crippen molar-refractivity contribution in [3.63, 3.8) is 0 Å². The molecule has 3 N–H and O–H groups in total. The summed E-state index contributed by atoms with van der Waals surface area (Å²) in [5, 5.41) is 2.37. The maximum atomic E-state index is 12.1. The number of benzene rings is 3. The lowest BCUT2D eigenvalue weighted by Gasteiger charge is -2.11. The fraction of sp³-hybridized carbons (Fsp3) is 0.115. The first-order valence-electron chi connectivity index (χ1n) is 10.6. The third-order valence-corrected chi connectivity index (χ3v) is 4.92. The summed E-state index contributed by atoms with van der Waals surface area (Å²) in [6, 6.07) is 22.6. The summed E-state index contributed by atoms with van der Waals surface area (Å²) in [4.78, 5) is 24.1. The average molecular weight is 492 g/mol. The fourth-order valence-electron chi connectivity index (χ4n) is 3.00. The first-order chi connectivity index (χ1) is 17.0. The highest BCUT2D eigenvalue weighted by atomic mass is 32.1. The van der Waals surface area contributed by atoms with E-state index in [0.29, 0.717) is 17.2 Å². The molecule has 0 aliphatic heterocycles. The molecular formula is C26H25N3O5S. The largest absolute Gasteiger partial charge is 0.493 e. The summed E-state index contributed by atoms with van der Waals surface area (Å²) in [5.41, 5.74) is 7.71. The van der Waals surface area contributed by atoms with Crippen LogP contribution in [0.4, 0.5) is 0 Å². The highest BCUT2D eigenvalue weighted by Gasteiger charge is 2.07. The molecule has 2 amide bonds. The topological polar surface area (TPSA) is 97.9 Å². The van der Waals surface area contributed by atoms with Crippen LogP contribution in [0.3, 0.4) is 0 Å². The third kappa shape index (κ3) is 7.86. The van der Waals surface area contributed by atoms with Crippen molar-refractivity contribution in [1.82, 2.24) is 16.2 Å². The van der Waals surface area contributed by atoms with Crippen LogP contribution in [-0.4, -0.2) is 37.8 Å². The van der Waals surface area contributed by atoms with Crippen LogP contribution in [0.2, 0.25) is 0 Å². The first kappa shape index (κ1) is 25.3. The number of nitrogens with one attached hydrogen (secondary N) is 3. The van der Waals surface area contributed by atoms with Crippen molar-refractivity contribution in [1.29, 1.82) is 0 Å². The van der Waals surface area contributed by atoms with E-state index in [1.165, 1.54) is 13.2 Å². The average Bonchev–Trinajstić information content (AvgIpc) is 2.90. The minimum Gasteiger partial charge on any atom is -0.493 e. The van der Waals surface area contributed by atoms with Crippen LogP contribution in [-0.2, 0) is 9.59 Å². The van der Waals surface area contributed by atoms with Crippen LogP contribution in [0.15, 0.2) is 78.9 Å². The van der Waals surface area contributed by atoms with E-state index in [2.05, 4.69) is 16.2 Å². The van der Waals surface area contributed by atoms with Gasteiger partial charge >= 0.3 is 0 Å². The molecule has 35 heavy (non-hydrogen) atoms. The lowest BCUT2D eigenvalue weighted by atomic mass is 10.1. The predicted octanol–water partition coefficient (Wildman–Crippen LogP) is 3.48. The number of carbonyl (C=O) groups excluding carboxylic acids is 2. The Morgan fingerprint density at radius 3 is 2.23 bits per heavy atom. The molecule has 0 fully saturated rings. The van der Waals surface area contributed by atoms with E-state index >= 15 is 0 Å². The Hall–Kier alpha value is -4.37. The molecule has 3 rings (SSSR count). The van der Waals surface area contributed by atoms with Crippen molar-refractivity contribution in [2.45, 2.75) is 0 Å². The van der Waals surface area contributed by atoms with Crippen molar-refractivity contribution in [2.24, 2.45) is 0 Å². The number of thiocarbonyl (C=S) groups is 1. The standard InChI is InChI=1S/C26H25N3O5S/c1-32-22-14-8-18(16-23(22)33-2)9-15-24(30)27-26(35)29-28-25(31)17-34-21-12-10-20(11-13-21)19-6-4-3-5-7-19/h3-16H,17H2,1-2H3,(H,28,31)(H2,27,29,30,35). The van der Waals surface area contributed by atoms with Gasteiger partial charge in [-0.1, -0.05) is 48.5 Å². The Morgan fingerprint density at radius 2 is 1.54 bits per heavy atom. The number of methoxy groups -OCH3 is 2. The molecule has 9 heteroatoms. The summed E-state index contributed by atoms with van der Waals surface area (Å²) in [7, 11) is 3.08. The summed E-state index contributed by atoms with van der Waals surface area (Å²) >= 11 is 5.02. The number of ether oxygens (including phenoxy) is 3. The van der Waals surface area contributed by atoms with Gasteiger partial charge in [-0.15, -0.1) is 0 Å². The second kappa shape index (κ2) is 12.8. The van der Waals surface area contributed by atoms with Crippen molar-refractivity contribution >= 4 is 35.2 Å². The van der Waals surface area contributed by atoms with Crippen LogP contribution in [0, 0.1) is 0 Å². The Bertz CT molecular complexity index is 1200. The highest BCUT2D eigenvalue weighted by molar-refractivity contribution is 7.80. The number of rotatable bonds is 8. The summed E-state index contributed by atoms with van der Waals surface area (Å²) < 4.78 is 15.9. The van der Waals surface area contributed by atoms with Gasteiger partial charge in [0.05, 0.1) is 14.2 Å². The molecule has 0 aliphatic carbocycles. The molecule has 180 valence electrons. The maximum Gasteiger partial charge on any atom is 0.276 e. The summed E-state index contributed by atoms with van der Waals surface area (Å²) in [6.07, 6.45) is 2.90. The number of carbonyl (C=O) groups is 2. The SMILES string of the molecule is COc1ccc(C=CC(=O)NC(=S)NNC(=O)COc2ccc(-c3ccccc3)cc2)cc1OC. The summed E-state index contributed by atoms with van der Waals surface area (Å²) in [5.74, 6) is 0.750. The van der Waals surface area contributed by atoms with E-state index in [0.717, 1.165) is 16.7 Å². The van der Waals surface area contributed by atoms with Crippen molar-refractivity contribution < 1.29 is 23.8 Å². The molecular weight excluding hydrogens is 466 g/mol. The lowest BCUT2D eigenvalue weighted by molar-refractivity contribution is -0.123. The highest BCUT2D eigenvalue weighted by Crippen LogP contribution is 2.28. The molecule has 0 aromatic heterocycles. The first-order valence-corrected chi connectivity index (χ1v) is 11.0. The molecule has 0 saturated carbocycles. The molecule has 0 unspecified atom stereocenters. The van der Waals surface area contributed by atoms with Crippen molar-refractivity contribution in [3.8, 4) is 28.4 Å². The zero-order chi connectivity index (χ0) is 25.0. The van der Waals surface area contributed by atoms with Gasteiger partial charge in [0.2, 0.25) is 5.91 Å². The van der Waals surface area contributed by atoms with E-state index < -0.39 is 11.8 Å². The van der Waals surface area contributed by atoms with Crippen LogP contribution in [0.1, 0.15) is 5.56 Å². The van der Waals surface area contributed by atoms with Crippen LogP contribution in [0.5, 0.6) is 17.2 Å². The van der Waals surface area contributed by atoms with Gasteiger partial charge in [0.25, 0.3) is 5.91 Å². The van der Waals surface area contributed by atoms with E-state index in [1.54, 1.807) is 43.5 Å². The van der Waals surface area contributed by atoms with Crippen LogP contribution < -0.4 is 30.4 Å².